The summed E-state index contributed by atoms with van der Waals surface area (Å²) >= 11 is 0. The van der Waals surface area contributed by atoms with Crippen LogP contribution < -0.4 is 10.6 Å². The molecule has 0 fully saturated rings. The van der Waals surface area contributed by atoms with Crippen LogP contribution in [0.2, 0.25) is 0 Å². The minimum absolute atomic E-state index is 0.466. The van der Waals surface area contributed by atoms with Crippen molar-refractivity contribution in [2.75, 3.05) is 11.4 Å². The fourth-order valence-electron chi connectivity index (χ4n) is 9.19. The van der Waals surface area contributed by atoms with E-state index in [-0.39, 0.29) is 0 Å². The summed E-state index contributed by atoms with van der Waals surface area (Å²) in [5.74, 6) is 0. The largest absolute Gasteiger partial charge is 0.327 e. The average molecular weight is 784 g/mol. The van der Waals surface area contributed by atoms with Gasteiger partial charge in [0.2, 0.25) is 0 Å². The Labute approximate surface area is 358 Å². The Kier molecular flexibility index (Phi) is 10.2. The first-order chi connectivity index (χ1) is 30.2. The maximum absolute atomic E-state index is 6.14. The van der Waals surface area contributed by atoms with Gasteiger partial charge in [0.25, 0.3) is 0 Å². The van der Waals surface area contributed by atoms with E-state index < -0.39 is 5.41 Å². The molecule has 0 aromatic heterocycles. The first kappa shape index (κ1) is 37.7. The quantitative estimate of drug-likeness (QED) is 0.140. The molecule has 1 aliphatic heterocycles. The minimum Gasteiger partial charge on any atom is -0.327 e. The van der Waals surface area contributed by atoms with Gasteiger partial charge in [-0.25, -0.2) is 0 Å². The molecule has 0 saturated heterocycles. The van der Waals surface area contributed by atoms with Crippen molar-refractivity contribution in [3.8, 4) is 22.3 Å². The Morgan fingerprint density at radius 3 is 1.82 bits per heavy atom. The Bertz CT molecular complexity index is 2930. The van der Waals surface area contributed by atoms with E-state index in [1.165, 1.54) is 55.9 Å². The number of anilines is 3. The van der Waals surface area contributed by atoms with Gasteiger partial charge in [0.1, 0.15) is 0 Å². The maximum Gasteiger partial charge on any atom is 0.0748 e. The SMILES string of the molecule is NC/C=C\C1=Cc2ccc(-c3cccc(-c4cccc(/C=N/C(=C\Cc5ccccc5)c5ccccc5)c4)c3)cc2C12c1ccccc1N(c1ccccc1)c1ccccc12. The summed E-state index contributed by atoms with van der Waals surface area (Å²) in [7, 11) is 0. The standard InChI is InChI=1S/C58H45N3/c59-36-16-25-50-39-49-34-33-48(40-54(49)58(50)52-28-10-12-30-56(52)61(51-26-8-3-9-27-51)57-31-13-11-29-53(57)58)47-24-15-23-46(38-47)45-22-14-19-43(37-45)41-60-55(44-20-6-2-7-21-44)35-32-42-17-4-1-5-18-42/h1-31,33-35,37-41H,32,36,59H2/b25-16-,55-35-,60-41+. The summed E-state index contributed by atoms with van der Waals surface area (Å²) in [4.78, 5) is 7.46. The smallest absolute Gasteiger partial charge is 0.0748 e. The molecule has 0 bridgehead atoms. The van der Waals surface area contributed by atoms with Crippen molar-refractivity contribution in [1.82, 2.24) is 0 Å². The molecule has 0 saturated carbocycles. The lowest BCUT2D eigenvalue weighted by atomic mass is 9.63. The zero-order valence-corrected chi connectivity index (χ0v) is 33.9. The first-order valence-corrected chi connectivity index (χ1v) is 21.0. The average Bonchev–Trinajstić information content (AvgIpc) is 3.65. The second-order valence-electron chi connectivity index (χ2n) is 15.6. The van der Waals surface area contributed by atoms with Crippen LogP contribution in [0.1, 0.15) is 38.9 Å². The third kappa shape index (κ3) is 7.05. The van der Waals surface area contributed by atoms with E-state index in [2.05, 4.69) is 229 Å². The van der Waals surface area contributed by atoms with Crippen molar-refractivity contribution in [2.45, 2.75) is 11.8 Å². The van der Waals surface area contributed by atoms with Crippen molar-refractivity contribution in [1.29, 1.82) is 0 Å². The molecule has 0 unspecified atom stereocenters. The molecule has 61 heavy (non-hydrogen) atoms. The van der Waals surface area contributed by atoms with E-state index in [0.717, 1.165) is 40.1 Å². The van der Waals surface area contributed by atoms with Gasteiger partial charge in [-0.15, -0.1) is 0 Å². The molecule has 8 aromatic rings. The molecular weight excluding hydrogens is 739 g/mol. The van der Waals surface area contributed by atoms with Crippen LogP contribution >= 0.6 is 0 Å². The Morgan fingerprint density at radius 2 is 1.13 bits per heavy atom. The number of fused-ring (bicyclic) bond motifs is 6. The van der Waals surface area contributed by atoms with Crippen LogP contribution in [0, 0.1) is 0 Å². The number of benzene rings is 8. The normalized spacial score (nSPS) is 14.0. The zero-order chi connectivity index (χ0) is 41.0. The Balaban J connectivity index is 1.03. The van der Waals surface area contributed by atoms with E-state index in [1.54, 1.807) is 0 Å². The number of rotatable bonds is 10. The van der Waals surface area contributed by atoms with Crippen molar-refractivity contribution >= 4 is 35.0 Å². The third-order valence-electron chi connectivity index (χ3n) is 12.0. The highest BCUT2D eigenvalue weighted by atomic mass is 15.2. The van der Waals surface area contributed by atoms with Gasteiger partial charge in [-0.3, -0.25) is 4.99 Å². The molecule has 0 atom stereocenters. The van der Waals surface area contributed by atoms with Gasteiger partial charge in [0, 0.05) is 18.4 Å². The van der Waals surface area contributed by atoms with Gasteiger partial charge in [0.15, 0.2) is 0 Å². The highest BCUT2D eigenvalue weighted by Crippen LogP contribution is 2.61. The van der Waals surface area contributed by atoms with Gasteiger partial charge >= 0.3 is 0 Å². The molecule has 3 nitrogen and oxygen atoms in total. The predicted molar refractivity (Wildman–Crippen MR) is 257 cm³/mol. The summed E-state index contributed by atoms with van der Waals surface area (Å²) in [6.45, 7) is 0.466. The Hall–Kier alpha value is -7.59. The lowest BCUT2D eigenvalue weighted by Gasteiger charge is -2.45. The molecule has 0 radical (unpaired) electrons. The topological polar surface area (TPSA) is 41.6 Å². The first-order valence-electron chi connectivity index (χ1n) is 21.0. The van der Waals surface area contributed by atoms with Crippen LogP contribution in [0.25, 0.3) is 34.0 Å². The number of nitrogens with zero attached hydrogens (tertiary/aromatic N) is 2. The molecule has 0 amide bonds. The van der Waals surface area contributed by atoms with Crippen molar-refractivity contribution < 1.29 is 0 Å². The fraction of sp³-hybridized carbons (Fsp3) is 0.0517. The van der Waals surface area contributed by atoms with Gasteiger partial charge < -0.3 is 10.6 Å². The predicted octanol–water partition coefficient (Wildman–Crippen LogP) is 13.8. The highest BCUT2D eigenvalue weighted by molar-refractivity contribution is 5.94. The Morgan fingerprint density at radius 1 is 0.541 bits per heavy atom. The molecule has 1 aliphatic carbocycles. The molecule has 1 spiro atoms. The van der Waals surface area contributed by atoms with Gasteiger partial charge in [0.05, 0.1) is 22.5 Å². The van der Waals surface area contributed by atoms with Crippen LogP contribution in [-0.2, 0) is 11.8 Å². The number of aliphatic imine (C=N–C) groups is 1. The number of para-hydroxylation sites is 3. The van der Waals surface area contributed by atoms with E-state index >= 15 is 0 Å². The molecular formula is C58H45N3. The molecule has 8 aromatic carbocycles. The number of allylic oxidation sites excluding steroid dienone is 3. The molecule has 2 aliphatic rings. The minimum atomic E-state index is -0.547. The van der Waals surface area contributed by atoms with Crippen LogP contribution in [0.5, 0.6) is 0 Å². The van der Waals surface area contributed by atoms with E-state index in [9.17, 15) is 0 Å². The molecule has 292 valence electrons. The van der Waals surface area contributed by atoms with Gasteiger partial charge in [-0.1, -0.05) is 182 Å². The monoisotopic (exact) mass is 783 g/mol. The van der Waals surface area contributed by atoms with Crippen molar-refractivity contribution in [3.63, 3.8) is 0 Å². The van der Waals surface area contributed by atoms with E-state index in [4.69, 9.17) is 10.7 Å². The number of hydrogen-bond donors (Lipinski definition) is 1. The molecule has 3 heteroatoms. The van der Waals surface area contributed by atoms with Crippen LogP contribution in [0.15, 0.2) is 235 Å². The van der Waals surface area contributed by atoms with Crippen molar-refractivity contribution in [2.24, 2.45) is 10.7 Å². The van der Waals surface area contributed by atoms with Crippen LogP contribution in [0.3, 0.4) is 0 Å². The number of hydrogen-bond acceptors (Lipinski definition) is 3. The summed E-state index contributed by atoms with van der Waals surface area (Å²) in [5.41, 5.74) is 24.3. The summed E-state index contributed by atoms with van der Waals surface area (Å²) < 4.78 is 0. The van der Waals surface area contributed by atoms with Gasteiger partial charge in [-0.05, 0) is 122 Å². The second kappa shape index (κ2) is 16.6. The fourth-order valence-corrected chi connectivity index (χ4v) is 9.19. The summed E-state index contributed by atoms with van der Waals surface area (Å²) in [5, 5.41) is 0. The van der Waals surface area contributed by atoms with Gasteiger partial charge in [-0.2, -0.15) is 0 Å². The zero-order valence-electron chi connectivity index (χ0n) is 33.9. The molecule has 10 rings (SSSR count). The van der Waals surface area contributed by atoms with Crippen molar-refractivity contribution in [3.05, 3.63) is 269 Å². The maximum atomic E-state index is 6.14. The summed E-state index contributed by atoms with van der Waals surface area (Å²) in [6.07, 6.45) is 11.7. The highest BCUT2D eigenvalue weighted by Gasteiger charge is 2.50. The van der Waals surface area contributed by atoms with E-state index in [0.29, 0.717) is 6.54 Å². The summed E-state index contributed by atoms with van der Waals surface area (Å²) in [6, 6.07) is 74.0. The third-order valence-corrected chi connectivity index (χ3v) is 12.0. The number of nitrogens with two attached hydrogens (primary N) is 1. The molecule has 2 N–H and O–H groups in total. The lowest BCUT2D eigenvalue weighted by Crippen LogP contribution is -2.36. The van der Waals surface area contributed by atoms with Crippen LogP contribution in [-0.4, -0.2) is 12.8 Å². The second-order valence-corrected chi connectivity index (χ2v) is 15.6. The molecule has 1 heterocycles. The van der Waals surface area contributed by atoms with E-state index in [1.807, 2.05) is 12.3 Å². The van der Waals surface area contributed by atoms with Crippen LogP contribution in [0.4, 0.5) is 17.1 Å². The lowest BCUT2D eigenvalue weighted by molar-refractivity contribution is 0.746.